The van der Waals surface area contributed by atoms with Crippen LogP contribution in [0.15, 0.2) is 229 Å². The molecule has 14 aromatic rings. The maximum atomic E-state index is 7.00. The Balaban J connectivity index is 0.840. The highest BCUT2D eigenvalue weighted by Gasteiger charge is 2.52. The number of furan rings is 1. The van der Waals surface area contributed by atoms with Crippen LogP contribution in [0.25, 0.3) is 127 Å². The Hall–Kier alpha value is -10.1. The van der Waals surface area contributed by atoms with E-state index in [0.717, 1.165) is 27.7 Å². The third-order valence-electron chi connectivity index (χ3n) is 24.4. The van der Waals surface area contributed by atoms with Gasteiger partial charge in [-0.1, -0.05) is 288 Å². The normalized spacial score (nSPS) is 16.9. The molecule has 1 aromatic heterocycles. The van der Waals surface area contributed by atoms with Gasteiger partial charge in [-0.3, -0.25) is 0 Å². The van der Waals surface area contributed by atoms with Crippen LogP contribution in [0.3, 0.4) is 0 Å². The number of hydrogen-bond acceptors (Lipinski definition) is 1. The minimum absolute atomic E-state index is 0.126. The van der Waals surface area contributed by atoms with E-state index >= 15 is 0 Å². The fraction of sp³-hybridized carbons (Fsp3) is 0.183. The van der Waals surface area contributed by atoms with Crippen LogP contribution in [0.5, 0.6) is 0 Å². The van der Waals surface area contributed by atoms with Crippen LogP contribution >= 0.6 is 0 Å². The van der Waals surface area contributed by atoms with Gasteiger partial charge in [0.05, 0.1) is 0 Å². The van der Waals surface area contributed by atoms with Gasteiger partial charge in [-0.15, -0.1) is 0 Å². The molecule has 0 amide bonds. The van der Waals surface area contributed by atoms with Crippen molar-refractivity contribution in [1.82, 2.24) is 0 Å². The number of rotatable bonds is 4. The van der Waals surface area contributed by atoms with Crippen molar-refractivity contribution in [3.8, 4) is 77.9 Å². The van der Waals surface area contributed by atoms with Gasteiger partial charge in [0.1, 0.15) is 11.2 Å². The van der Waals surface area contributed by atoms with Crippen LogP contribution in [0.1, 0.15) is 164 Å². The van der Waals surface area contributed by atoms with Crippen molar-refractivity contribution in [2.24, 2.45) is 0 Å². The Morgan fingerprint density at radius 3 is 1.41 bits per heavy atom. The Labute approximate surface area is 551 Å². The van der Waals surface area contributed by atoms with E-state index < -0.39 is 0 Å². The second-order valence-corrected chi connectivity index (χ2v) is 31.1. The van der Waals surface area contributed by atoms with Crippen molar-refractivity contribution in [2.75, 3.05) is 0 Å². The van der Waals surface area contributed by atoms with Gasteiger partial charge in [-0.25, -0.2) is 0 Å². The highest BCUT2D eigenvalue weighted by molar-refractivity contribution is 6.23. The first kappa shape index (κ1) is 54.5. The molecule has 1 heterocycles. The molecule has 6 aliphatic rings. The fourth-order valence-corrected chi connectivity index (χ4v) is 20.1. The molecule has 20 rings (SSSR count). The first-order valence-corrected chi connectivity index (χ1v) is 34.0. The van der Waals surface area contributed by atoms with E-state index in [4.69, 9.17) is 11.0 Å². The van der Waals surface area contributed by atoms with Gasteiger partial charge in [-0.05, 0) is 202 Å². The zero-order valence-corrected chi connectivity index (χ0v) is 55.5. The fourth-order valence-electron chi connectivity index (χ4n) is 20.1. The zero-order chi connectivity index (χ0) is 63.8. The van der Waals surface area contributed by atoms with Crippen LogP contribution in [-0.2, 0) is 27.1 Å². The number of fused-ring (bicyclic) bond motifs is 31. The summed E-state index contributed by atoms with van der Waals surface area (Å²) in [6.07, 6.45) is 0. The van der Waals surface area contributed by atoms with Gasteiger partial charge in [0.2, 0.25) is 0 Å². The molecule has 1 heteroatoms. The van der Waals surface area contributed by atoms with E-state index in [0.29, 0.717) is 0 Å². The lowest BCUT2D eigenvalue weighted by molar-refractivity contribution is 0.600. The summed E-state index contributed by atoms with van der Waals surface area (Å²) in [5.41, 5.74) is 41.9. The van der Waals surface area contributed by atoms with Gasteiger partial charge in [0.15, 0.2) is 0 Å². The summed E-state index contributed by atoms with van der Waals surface area (Å²) in [5.74, 6) is -0.126. The molecule has 0 saturated carbocycles. The van der Waals surface area contributed by atoms with Crippen molar-refractivity contribution in [3.63, 3.8) is 0 Å². The van der Waals surface area contributed by atoms with Gasteiger partial charge < -0.3 is 4.42 Å². The summed E-state index contributed by atoms with van der Waals surface area (Å²) < 4.78 is 7.00. The largest absolute Gasteiger partial charge is 0.455 e. The maximum absolute atomic E-state index is 7.00. The van der Waals surface area contributed by atoms with Crippen LogP contribution in [0.4, 0.5) is 0 Å². The third kappa shape index (κ3) is 6.52. The van der Waals surface area contributed by atoms with Crippen molar-refractivity contribution in [2.45, 2.75) is 109 Å². The smallest absolute Gasteiger partial charge is 0.143 e. The Morgan fingerprint density at radius 2 is 0.777 bits per heavy atom. The van der Waals surface area contributed by atoms with E-state index in [1.807, 2.05) is 0 Å². The lowest BCUT2D eigenvalue weighted by Gasteiger charge is -2.32. The second kappa shape index (κ2) is 17.8. The maximum Gasteiger partial charge on any atom is 0.143 e. The summed E-state index contributed by atoms with van der Waals surface area (Å²) in [7, 11) is 0. The van der Waals surface area contributed by atoms with Crippen LogP contribution in [-0.4, -0.2) is 0 Å². The molecule has 450 valence electrons. The van der Waals surface area contributed by atoms with Crippen LogP contribution < -0.4 is 0 Å². The summed E-state index contributed by atoms with van der Waals surface area (Å²) in [6.45, 7) is 32.1. The van der Waals surface area contributed by atoms with E-state index in [9.17, 15) is 0 Å². The first-order chi connectivity index (χ1) is 45.3. The molecule has 13 aromatic carbocycles. The minimum Gasteiger partial charge on any atom is -0.455 e. The van der Waals surface area contributed by atoms with Crippen molar-refractivity contribution in [1.29, 1.82) is 0 Å². The molecule has 1 atom stereocenters. The Kier molecular flexibility index (Phi) is 10.3. The molecule has 94 heavy (non-hydrogen) atoms. The SMILES string of the molecule is C=C1c2ccccc2-c2c1c1c(c3c2-c2ccc(C(c4ccc5c(c4)C(C)(C)c4cc(-c6ccc(C)cc6)c6oc7ccccc7c6c4-5)c4ccc5c(c4)C(C)(C)c4c6c(c7ccc8ccccc8c7c4-5)-c4ccccc4C6(C)C)cc2C3(C)C)C(C)(C)c2ccccc2-1. The number of para-hydroxylation sites is 1. The molecule has 0 aliphatic heterocycles. The van der Waals surface area contributed by atoms with Gasteiger partial charge >= 0.3 is 0 Å². The molecule has 0 bridgehead atoms. The predicted molar refractivity (Wildman–Crippen MR) is 394 cm³/mol. The number of hydrogen-bond donors (Lipinski definition) is 0. The summed E-state index contributed by atoms with van der Waals surface area (Å²) in [4.78, 5) is 0. The van der Waals surface area contributed by atoms with Crippen molar-refractivity contribution < 1.29 is 4.42 Å². The molecule has 0 fully saturated rings. The average molecular weight is 1210 g/mol. The van der Waals surface area contributed by atoms with Crippen molar-refractivity contribution in [3.05, 3.63) is 314 Å². The highest BCUT2D eigenvalue weighted by atomic mass is 16.3. The quantitative estimate of drug-likeness (QED) is 0.126. The zero-order valence-electron chi connectivity index (χ0n) is 55.5. The lowest BCUT2D eigenvalue weighted by Crippen LogP contribution is -2.25. The van der Waals surface area contributed by atoms with E-state index in [1.165, 1.54) is 188 Å². The predicted octanol–water partition coefficient (Wildman–Crippen LogP) is 24.6. The van der Waals surface area contributed by atoms with Crippen LogP contribution in [0.2, 0.25) is 0 Å². The summed E-state index contributed by atoms with van der Waals surface area (Å²) >= 11 is 0. The van der Waals surface area contributed by atoms with Crippen LogP contribution in [0, 0.1) is 6.92 Å². The Bertz CT molecular complexity index is 5900. The number of aryl methyl sites for hydroxylation is 1. The van der Waals surface area contributed by atoms with Gasteiger partial charge in [0, 0.05) is 49.3 Å². The van der Waals surface area contributed by atoms with E-state index in [1.54, 1.807) is 0 Å². The van der Waals surface area contributed by atoms with E-state index in [2.05, 4.69) is 295 Å². The molecular weight excluding hydrogens is 1130 g/mol. The monoisotopic (exact) mass is 1200 g/mol. The minimum atomic E-state index is -0.353. The molecule has 1 unspecified atom stereocenters. The highest BCUT2D eigenvalue weighted by Crippen LogP contribution is 2.68. The standard InChI is InChI=1S/C93H72O/c1-49-33-35-52(36-34-49)66-48-72-78(83-64-29-19-22-32-73(64)94-88(66)83)61-41-38-53(45-69(61)89(72,3)4)75(54-39-42-62-70(46-54)92(9,10)86-81(62)76-57-25-14-13-23-51(57)37-44-65(76)77-59-27-17-20-30-67(59)90(5,6)84(77)86)55-40-43-63-71(47-55)93(11,12)87-82(63)79-58-26-16-15-24-56(58)50(2)74(79)80-60-28-18-21-31-68(60)91(7,8)85(80)87/h13-48,75H,2H2,1,3-12H3. The lowest BCUT2D eigenvalue weighted by atomic mass is 9.70. The number of benzene rings is 13. The molecule has 0 N–H and O–H groups in total. The second-order valence-electron chi connectivity index (χ2n) is 31.1. The van der Waals surface area contributed by atoms with Crippen molar-refractivity contribution >= 4 is 49.1 Å². The van der Waals surface area contributed by atoms with E-state index in [-0.39, 0.29) is 33.0 Å². The topological polar surface area (TPSA) is 13.1 Å². The summed E-state index contributed by atoms with van der Waals surface area (Å²) in [6, 6.07) is 84.6. The molecular formula is C93H72O. The average Bonchev–Trinajstić information content (AvgIpc) is 1.51. The molecule has 0 radical (unpaired) electrons. The first-order valence-electron chi connectivity index (χ1n) is 34.0. The van der Waals surface area contributed by atoms with Gasteiger partial charge in [-0.2, -0.15) is 0 Å². The molecule has 6 aliphatic carbocycles. The summed E-state index contributed by atoms with van der Waals surface area (Å²) in [5, 5.41) is 7.68. The molecule has 0 spiro atoms. The Morgan fingerprint density at radius 1 is 0.309 bits per heavy atom. The molecule has 1 nitrogen and oxygen atoms in total. The van der Waals surface area contributed by atoms with Gasteiger partial charge in [0.25, 0.3) is 0 Å². The third-order valence-corrected chi connectivity index (χ3v) is 24.4. The molecule has 0 saturated heterocycles.